The number of rotatable bonds is 4. The average Bonchev–Trinajstić information content (AvgIpc) is 2.80. The van der Waals surface area contributed by atoms with E-state index < -0.39 is 60.7 Å². The molecular formula is C20H20F12N2NiO4. The molecule has 0 aromatic rings. The van der Waals surface area contributed by atoms with E-state index in [1.54, 1.807) is 6.20 Å². The van der Waals surface area contributed by atoms with Crippen LogP contribution in [0.15, 0.2) is 24.4 Å². The van der Waals surface area contributed by atoms with Crippen LogP contribution >= 0.6 is 0 Å². The molecule has 228 valence electrons. The Labute approximate surface area is 223 Å². The first kappa shape index (κ1) is 41.1. The van der Waals surface area contributed by atoms with Crippen molar-refractivity contribution < 1.29 is 88.4 Å². The fourth-order valence-corrected chi connectivity index (χ4v) is 1.80. The summed E-state index contributed by atoms with van der Waals surface area (Å²) >= 11 is 0. The number of alkyl halides is 12. The average molecular weight is 639 g/mol. The summed E-state index contributed by atoms with van der Waals surface area (Å²) in [5.41, 5.74) is 0. The van der Waals surface area contributed by atoms with Crippen molar-refractivity contribution in [2.45, 2.75) is 56.8 Å². The van der Waals surface area contributed by atoms with Crippen molar-refractivity contribution in [3.8, 4) is 0 Å². The van der Waals surface area contributed by atoms with Crippen LogP contribution in [0.3, 0.4) is 0 Å². The van der Waals surface area contributed by atoms with Crippen LogP contribution in [-0.4, -0.2) is 67.5 Å². The summed E-state index contributed by atoms with van der Waals surface area (Å²) in [6.45, 7) is 3.11. The van der Waals surface area contributed by atoms with E-state index >= 15 is 0 Å². The Balaban J connectivity index is -0.000000463. The third-order valence-corrected chi connectivity index (χ3v) is 3.69. The van der Waals surface area contributed by atoms with Gasteiger partial charge in [0, 0.05) is 0 Å². The molecule has 0 spiro atoms. The Bertz CT molecular complexity index is 707. The van der Waals surface area contributed by atoms with Crippen molar-refractivity contribution in [1.29, 1.82) is 0 Å². The summed E-state index contributed by atoms with van der Waals surface area (Å²) in [6.07, 6.45) is -14.2. The maximum Gasteiger partial charge on any atom is 2.00 e. The zero-order valence-corrected chi connectivity index (χ0v) is 20.3. The van der Waals surface area contributed by atoms with Gasteiger partial charge in [-0.25, -0.2) is 0 Å². The minimum absolute atomic E-state index is 0. The van der Waals surface area contributed by atoms with E-state index in [0.717, 1.165) is 19.6 Å². The zero-order valence-electron chi connectivity index (χ0n) is 19.3. The Hall–Kier alpha value is -2.43. The van der Waals surface area contributed by atoms with Gasteiger partial charge in [0.05, 0.1) is 12.8 Å². The number of piperidine rings is 1. The molecule has 0 atom stereocenters. The number of hydrogen-bond acceptors (Lipinski definition) is 4. The van der Waals surface area contributed by atoms with E-state index in [0.29, 0.717) is 0 Å². The van der Waals surface area contributed by atoms with E-state index in [-0.39, 0.29) is 16.5 Å². The Morgan fingerprint density at radius 1 is 0.564 bits per heavy atom. The van der Waals surface area contributed by atoms with Crippen LogP contribution in [0.2, 0.25) is 0 Å². The number of nitrogens with zero attached hydrogens (tertiary/aromatic N) is 2. The SMILES string of the molecule is C1=CC[N-]C=C1.C1CC[N-]CC1.O=C(CC(=O)C(F)(F)F)C(F)(F)F.O=C(CC(=O)C(F)(F)F)C(F)(F)F.[Ni+2]. The summed E-state index contributed by atoms with van der Waals surface area (Å²) < 4.78 is 136. The zero-order chi connectivity index (χ0) is 30.2. The summed E-state index contributed by atoms with van der Waals surface area (Å²) in [6, 6.07) is 0. The molecular weight excluding hydrogens is 619 g/mol. The van der Waals surface area contributed by atoms with Gasteiger partial charge in [0.25, 0.3) is 0 Å². The minimum atomic E-state index is -5.40. The molecule has 2 aliphatic rings. The number of ketones is 4. The largest absolute Gasteiger partial charge is 2.00 e. The standard InChI is InChI=1S/2C5H2F6O2.C5H10N.C5H6N.Ni/c2*6-4(7,8)2(12)1-3(13)5(9,10)11;2*1-2-4-6-5-3-1;/h2*1H2;1-5H2;1-4H,5H2;/q;;2*-1;+2. The Morgan fingerprint density at radius 2 is 0.897 bits per heavy atom. The van der Waals surface area contributed by atoms with Crippen LogP contribution in [0.25, 0.3) is 10.6 Å². The van der Waals surface area contributed by atoms with E-state index in [9.17, 15) is 71.9 Å². The van der Waals surface area contributed by atoms with Crippen LogP contribution in [0, 0.1) is 0 Å². The van der Waals surface area contributed by atoms with Gasteiger partial charge in [-0.1, -0.05) is 31.4 Å². The molecule has 0 aromatic heterocycles. The fraction of sp³-hybridized carbons (Fsp3) is 0.600. The van der Waals surface area contributed by atoms with Gasteiger partial charge >= 0.3 is 41.2 Å². The van der Waals surface area contributed by atoms with Crippen LogP contribution < -0.4 is 0 Å². The second kappa shape index (κ2) is 18.8. The molecule has 0 amide bonds. The number of Topliss-reactive ketones (excluding diaryl/α,β-unsaturated/α-hetero) is 4. The van der Waals surface area contributed by atoms with Crippen LogP contribution in [0.1, 0.15) is 32.1 Å². The maximum absolute atomic E-state index is 11.3. The van der Waals surface area contributed by atoms with Gasteiger partial charge in [0.15, 0.2) is 0 Å². The molecule has 39 heavy (non-hydrogen) atoms. The third-order valence-electron chi connectivity index (χ3n) is 3.69. The van der Waals surface area contributed by atoms with E-state index in [2.05, 4.69) is 10.6 Å². The molecule has 0 saturated carbocycles. The molecule has 1 saturated heterocycles. The van der Waals surface area contributed by atoms with Gasteiger partial charge < -0.3 is 10.6 Å². The third kappa shape index (κ3) is 23.2. The van der Waals surface area contributed by atoms with Crippen molar-refractivity contribution in [2.24, 2.45) is 0 Å². The molecule has 2 aliphatic heterocycles. The molecule has 0 unspecified atom stereocenters. The summed E-state index contributed by atoms with van der Waals surface area (Å²) in [5, 5.41) is 8.09. The monoisotopic (exact) mass is 638 g/mol. The van der Waals surface area contributed by atoms with Crippen molar-refractivity contribution in [2.75, 3.05) is 19.6 Å². The Morgan fingerprint density at radius 3 is 1.00 bits per heavy atom. The van der Waals surface area contributed by atoms with Gasteiger partial charge in [-0.05, 0) is 0 Å². The van der Waals surface area contributed by atoms with E-state index in [4.69, 9.17) is 0 Å². The van der Waals surface area contributed by atoms with E-state index in [1.807, 2.05) is 18.2 Å². The summed E-state index contributed by atoms with van der Waals surface area (Å²) in [5.74, 6) is -10.8. The number of carbonyl (C=O) groups is 4. The van der Waals surface area contributed by atoms with Crippen molar-refractivity contribution >= 4 is 23.1 Å². The smallest absolute Gasteiger partial charge is 0.687 e. The molecule has 2 heterocycles. The summed E-state index contributed by atoms with van der Waals surface area (Å²) in [7, 11) is 0. The number of halogens is 12. The molecule has 0 aliphatic carbocycles. The number of carbonyl (C=O) groups excluding carboxylic acids is 4. The molecule has 1 fully saturated rings. The van der Waals surface area contributed by atoms with Crippen molar-refractivity contribution in [1.82, 2.24) is 0 Å². The number of hydrogen-bond donors (Lipinski definition) is 0. The maximum atomic E-state index is 11.3. The predicted molar refractivity (Wildman–Crippen MR) is 107 cm³/mol. The van der Waals surface area contributed by atoms with Crippen molar-refractivity contribution in [3.05, 3.63) is 35.1 Å². The van der Waals surface area contributed by atoms with E-state index in [1.165, 1.54) is 19.3 Å². The molecule has 6 nitrogen and oxygen atoms in total. The molecule has 0 N–H and O–H groups in total. The molecule has 19 heteroatoms. The second-order valence-electron chi connectivity index (χ2n) is 6.90. The van der Waals surface area contributed by atoms with Gasteiger partial charge in [-0.3, -0.25) is 19.2 Å². The van der Waals surface area contributed by atoms with Crippen LogP contribution in [0.4, 0.5) is 52.7 Å². The first-order valence-corrected chi connectivity index (χ1v) is 10.1. The van der Waals surface area contributed by atoms with Gasteiger partial charge in [0.1, 0.15) is 0 Å². The topological polar surface area (TPSA) is 96.5 Å². The summed E-state index contributed by atoms with van der Waals surface area (Å²) in [4.78, 5) is 39.5. The molecule has 0 aromatic carbocycles. The normalized spacial score (nSPS) is 14.9. The van der Waals surface area contributed by atoms with Crippen LogP contribution in [-0.2, 0) is 35.7 Å². The van der Waals surface area contributed by atoms with Crippen molar-refractivity contribution in [3.63, 3.8) is 0 Å². The van der Waals surface area contributed by atoms with Crippen LogP contribution in [0.5, 0.6) is 0 Å². The Kier molecular flexibility index (Phi) is 19.8. The molecule has 0 bridgehead atoms. The van der Waals surface area contributed by atoms with Gasteiger partial charge in [-0.15, -0.1) is 25.7 Å². The first-order valence-electron chi connectivity index (χ1n) is 10.1. The van der Waals surface area contributed by atoms with Gasteiger partial charge in [-0.2, -0.15) is 58.9 Å². The minimum Gasteiger partial charge on any atom is -0.687 e. The first-order chi connectivity index (χ1) is 17.1. The fourth-order valence-electron chi connectivity index (χ4n) is 1.80. The second-order valence-corrected chi connectivity index (χ2v) is 6.90. The predicted octanol–water partition coefficient (Wildman–Crippen LogP) is 6.26. The molecule has 2 rings (SSSR count). The quantitative estimate of drug-likeness (QED) is 0.206. The number of allylic oxidation sites excluding steroid dienone is 2. The van der Waals surface area contributed by atoms with Gasteiger partial charge in [0.2, 0.25) is 23.1 Å². The molecule has 0 radical (unpaired) electrons.